The number of rotatable bonds is 6. The maximum atomic E-state index is 11.4. The van der Waals surface area contributed by atoms with E-state index in [4.69, 9.17) is 5.11 Å². The minimum absolute atomic E-state index is 0.0456. The Morgan fingerprint density at radius 1 is 1.31 bits per heavy atom. The zero-order valence-corrected chi connectivity index (χ0v) is 9.06. The first-order valence-corrected chi connectivity index (χ1v) is 5.64. The third kappa shape index (κ3) is 4.31. The standard InChI is InChI=1S/C9H16O3S/c1-6(7(2)9(11)12)8(10)4-5-13-3/h6-7H,4-5H2,1-3H3,(H,11,12). The van der Waals surface area contributed by atoms with Crippen molar-refractivity contribution in [2.45, 2.75) is 20.3 Å². The summed E-state index contributed by atoms with van der Waals surface area (Å²) in [5.74, 6) is -1.02. The highest BCUT2D eigenvalue weighted by molar-refractivity contribution is 7.98. The monoisotopic (exact) mass is 204 g/mol. The molecule has 0 aromatic rings. The van der Waals surface area contributed by atoms with E-state index < -0.39 is 11.9 Å². The lowest BCUT2D eigenvalue weighted by Gasteiger charge is -2.13. The molecule has 3 nitrogen and oxygen atoms in total. The number of ketones is 1. The van der Waals surface area contributed by atoms with Crippen LogP contribution in [0.25, 0.3) is 0 Å². The summed E-state index contributed by atoms with van der Waals surface area (Å²) in [6.45, 7) is 3.26. The van der Waals surface area contributed by atoms with E-state index in [9.17, 15) is 9.59 Å². The molecule has 4 heteroatoms. The number of carbonyl (C=O) groups excluding carboxylic acids is 1. The van der Waals surface area contributed by atoms with E-state index in [0.29, 0.717) is 6.42 Å². The van der Waals surface area contributed by atoms with E-state index in [1.54, 1.807) is 25.6 Å². The van der Waals surface area contributed by atoms with Gasteiger partial charge in [-0.3, -0.25) is 9.59 Å². The maximum Gasteiger partial charge on any atom is 0.306 e. The molecule has 0 amide bonds. The summed E-state index contributed by atoms with van der Waals surface area (Å²) in [7, 11) is 0. The molecule has 0 aliphatic heterocycles. The Balaban J connectivity index is 4.01. The number of hydrogen-bond donors (Lipinski definition) is 1. The highest BCUT2D eigenvalue weighted by Gasteiger charge is 2.24. The molecule has 0 fully saturated rings. The SMILES string of the molecule is CSCCC(=O)C(C)C(C)C(=O)O. The zero-order valence-electron chi connectivity index (χ0n) is 8.24. The topological polar surface area (TPSA) is 54.4 Å². The lowest BCUT2D eigenvalue weighted by atomic mass is 9.91. The summed E-state index contributed by atoms with van der Waals surface area (Å²) in [5, 5.41) is 8.67. The molecular formula is C9H16O3S. The highest BCUT2D eigenvalue weighted by Crippen LogP contribution is 2.14. The van der Waals surface area contributed by atoms with Gasteiger partial charge < -0.3 is 5.11 Å². The number of carboxylic acids is 1. The zero-order chi connectivity index (χ0) is 10.4. The first-order valence-electron chi connectivity index (χ1n) is 4.25. The van der Waals surface area contributed by atoms with Gasteiger partial charge in [0.2, 0.25) is 0 Å². The van der Waals surface area contributed by atoms with Gasteiger partial charge in [-0.1, -0.05) is 13.8 Å². The van der Waals surface area contributed by atoms with Crippen molar-refractivity contribution in [2.24, 2.45) is 11.8 Å². The average Bonchev–Trinajstić information content (AvgIpc) is 2.11. The number of carboxylic acid groups (broad SMARTS) is 1. The van der Waals surface area contributed by atoms with Gasteiger partial charge in [0.05, 0.1) is 5.92 Å². The molecule has 0 rings (SSSR count). The molecule has 0 aliphatic carbocycles. The van der Waals surface area contributed by atoms with Gasteiger partial charge in [-0.25, -0.2) is 0 Å². The molecule has 2 atom stereocenters. The van der Waals surface area contributed by atoms with Gasteiger partial charge in [0, 0.05) is 12.3 Å². The van der Waals surface area contributed by atoms with Crippen LogP contribution in [0.3, 0.4) is 0 Å². The van der Waals surface area contributed by atoms with Gasteiger partial charge in [0.1, 0.15) is 5.78 Å². The fourth-order valence-electron chi connectivity index (χ4n) is 0.923. The second kappa shape index (κ2) is 6.02. The van der Waals surface area contributed by atoms with Crippen LogP contribution in [-0.2, 0) is 9.59 Å². The molecule has 0 aromatic heterocycles. The van der Waals surface area contributed by atoms with E-state index in [-0.39, 0.29) is 11.7 Å². The average molecular weight is 204 g/mol. The van der Waals surface area contributed by atoms with Crippen LogP contribution in [0.5, 0.6) is 0 Å². The largest absolute Gasteiger partial charge is 0.481 e. The third-order valence-corrected chi connectivity index (χ3v) is 2.81. The number of aliphatic carboxylic acids is 1. The molecule has 0 bridgehead atoms. The summed E-state index contributed by atoms with van der Waals surface area (Å²) < 4.78 is 0. The Hall–Kier alpha value is -0.510. The fourth-order valence-corrected chi connectivity index (χ4v) is 1.33. The van der Waals surface area contributed by atoms with Gasteiger partial charge in [-0.15, -0.1) is 0 Å². The summed E-state index contributed by atoms with van der Waals surface area (Å²) in [4.78, 5) is 21.9. The Morgan fingerprint density at radius 2 is 1.85 bits per heavy atom. The van der Waals surface area contributed by atoms with Crippen LogP contribution in [0, 0.1) is 11.8 Å². The minimum atomic E-state index is -0.898. The first kappa shape index (κ1) is 12.5. The summed E-state index contributed by atoms with van der Waals surface area (Å²) in [5.41, 5.74) is 0. The number of carbonyl (C=O) groups is 2. The molecule has 0 aliphatic rings. The lowest BCUT2D eigenvalue weighted by Crippen LogP contribution is -2.25. The Morgan fingerprint density at radius 3 is 2.23 bits per heavy atom. The van der Waals surface area contributed by atoms with Crippen molar-refractivity contribution in [1.82, 2.24) is 0 Å². The molecule has 0 aromatic carbocycles. The van der Waals surface area contributed by atoms with Gasteiger partial charge in [0.25, 0.3) is 0 Å². The smallest absolute Gasteiger partial charge is 0.306 e. The minimum Gasteiger partial charge on any atom is -0.481 e. The summed E-state index contributed by atoms with van der Waals surface area (Å²) in [6, 6.07) is 0. The van der Waals surface area contributed by atoms with Gasteiger partial charge in [-0.2, -0.15) is 11.8 Å². The van der Waals surface area contributed by atoms with Crippen LogP contribution in [0.1, 0.15) is 20.3 Å². The van der Waals surface area contributed by atoms with E-state index in [1.165, 1.54) is 0 Å². The van der Waals surface area contributed by atoms with Crippen LogP contribution in [-0.4, -0.2) is 28.9 Å². The summed E-state index contributed by atoms with van der Waals surface area (Å²) in [6.07, 6.45) is 2.40. The van der Waals surface area contributed by atoms with Crippen molar-refractivity contribution in [2.75, 3.05) is 12.0 Å². The van der Waals surface area contributed by atoms with Crippen LogP contribution in [0.2, 0.25) is 0 Å². The maximum absolute atomic E-state index is 11.4. The van der Waals surface area contributed by atoms with Crippen molar-refractivity contribution in [1.29, 1.82) is 0 Å². The van der Waals surface area contributed by atoms with Crippen LogP contribution in [0.15, 0.2) is 0 Å². The van der Waals surface area contributed by atoms with Gasteiger partial charge in [-0.05, 0) is 12.0 Å². The van der Waals surface area contributed by atoms with Crippen molar-refractivity contribution >= 4 is 23.5 Å². The molecule has 2 unspecified atom stereocenters. The Bertz CT molecular complexity index is 191. The second-order valence-electron chi connectivity index (χ2n) is 3.12. The first-order chi connectivity index (χ1) is 6.00. The molecule has 0 radical (unpaired) electrons. The molecule has 1 N–H and O–H groups in total. The van der Waals surface area contributed by atoms with Gasteiger partial charge >= 0.3 is 5.97 Å². The Labute approximate surface area is 82.9 Å². The molecule has 0 spiro atoms. The normalized spacial score (nSPS) is 15.0. The lowest BCUT2D eigenvalue weighted by molar-refractivity contribution is -0.145. The van der Waals surface area contributed by atoms with Crippen molar-refractivity contribution in [3.63, 3.8) is 0 Å². The van der Waals surface area contributed by atoms with E-state index in [0.717, 1.165) is 5.75 Å². The number of thioether (sulfide) groups is 1. The number of Topliss-reactive ketones (excluding diaryl/α,β-unsaturated/α-hetero) is 1. The predicted molar refractivity (Wildman–Crippen MR) is 54.0 cm³/mol. The van der Waals surface area contributed by atoms with E-state index >= 15 is 0 Å². The van der Waals surface area contributed by atoms with Crippen molar-refractivity contribution in [3.05, 3.63) is 0 Å². The molecule has 76 valence electrons. The predicted octanol–water partition coefficient (Wildman–Crippen LogP) is 1.67. The van der Waals surface area contributed by atoms with Crippen LogP contribution in [0.4, 0.5) is 0 Å². The quantitative estimate of drug-likeness (QED) is 0.715. The molecule has 0 heterocycles. The highest BCUT2D eigenvalue weighted by atomic mass is 32.2. The Kier molecular flexibility index (Phi) is 5.79. The van der Waals surface area contributed by atoms with Gasteiger partial charge in [0.15, 0.2) is 0 Å². The van der Waals surface area contributed by atoms with Crippen molar-refractivity contribution in [3.8, 4) is 0 Å². The van der Waals surface area contributed by atoms with Crippen LogP contribution >= 0.6 is 11.8 Å². The van der Waals surface area contributed by atoms with Crippen molar-refractivity contribution < 1.29 is 14.7 Å². The molecule has 13 heavy (non-hydrogen) atoms. The van der Waals surface area contributed by atoms with E-state index in [2.05, 4.69) is 0 Å². The third-order valence-electron chi connectivity index (χ3n) is 2.20. The molecular weight excluding hydrogens is 188 g/mol. The summed E-state index contributed by atoms with van der Waals surface area (Å²) >= 11 is 1.60. The van der Waals surface area contributed by atoms with Crippen LogP contribution < -0.4 is 0 Å². The molecule has 0 saturated heterocycles. The number of hydrogen-bond acceptors (Lipinski definition) is 3. The molecule has 0 saturated carbocycles. The fraction of sp³-hybridized carbons (Fsp3) is 0.778. The second-order valence-corrected chi connectivity index (χ2v) is 4.11. The van der Waals surface area contributed by atoms with E-state index in [1.807, 2.05) is 6.26 Å².